The van der Waals surface area contributed by atoms with Crippen molar-refractivity contribution < 1.29 is 24.0 Å². The van der Waals surface area contributed by atoms with E-state index in [1.54, 1.807) is 48.4 Å². The molecule has 10 heteroatoms. The normalized spacial score (nSPS) is 14.1. The van der Waals surface area contributed by atoms with Crippen molar-refractivity contribution in [3.63, 3.8) is 0 Å². The first-order valence-corrected chi connectivity index (χ1v) is 11.4. The standard InChI is InChI=1S/C25H30N4O6/c1-34-22-10-8-20(18-23(22)35-2)25(31)26-12-5-13-27-14-16-28(17-15-27)24(30)11-9-19-6-3-4-7-21(19)29(32)33/h3-4,6-11,18H,5,12-17H2,1-2H3,(H,26,31)/b11-9+. The molecule has 0 saturated carbocycles. The van der Waals surface area contributed by atoms with E-state index in [2.05, 4.69) is 10.2 Å². The molecule has 10 nitrogen and oxygen atoms in total. The summed E-state index contributed by atoms with van der Waals surface area (Å²) in [6, 6.07) is 11.4. The monoisotopic (exact) mass is 482 g/mol. The smallest absolute Gasteiger partial charge is 0.276 e. The van der Waals surface area contributed by atoms with Crippen LogP contribution in [-0.2, 0) is 4.79 Å². The summed E-state index contributed by atoms with van der Waals surface area (Å²) >= 11 is 0. The molecule has 0 aliphatic carbocycles. The van der Waals surface area contributed by atoms with Gasteiger partial charge in [-0.15, -0.1) is 0 Å². The number of nitro benzene ring substituents is 1. The SMILES string of the molecule is COc1ccc(C(=O)NCCCN2CCN(C(=O)/C=C/c3ccccc3[N+](=O)[O-])CC2)cc1OC. The van der Waals surface area contributed by atoms with Gasteiger partial charge in [-0.05, 0) is 43.3 Å². The number of benzene rings is 2. The van der Waals surface area contributed by atoms with Crippen LogP contribution >= 0.6 is 0 Å². The molecule has 2 aromatic carbocycles. The summed E-state index contributed by atoms with van der Waals surface area (Å²) in [5.41, 5.74) is 0.878. The predicted molar refractivity (Wildman–Crippen MR) is 132 cm³/mol. The lowest BCUT2D eigenvalue weighted by molar-refractivity contribution is -0.385. The highest BCUT2D eigenvalue weighted by Crippen LogP contribution is 2.27. The van der Waals surface area contributed by atoms with Crippen molar-refractivity contribution in [3.05, 3.63) is 69.8 Å². The van der Waals surface area contributed by atoms with E-state index in [1.165, 1.54) is 25.3 Å². The predicted octanol–water partition coefficient (Wildman–Crippen LogP) is 2.59. The molecular formula is C25H30N4O6. The Bertz CT molecular complexity index is 1080. The summed E-state index contributed by atoms with van der Waals surface area (Å²) < 4.78 is 10.4. The molecule has 0 unspecified atom stereocenters. The minimum Gasteiger partial charge on any atom is -0.493 e. The number of carbonyl (C=O) groups is 2. The second kappa shape index (κ2) is 12.5. The Morgan fingerprint density at radius 2 is 1.77 bits per heavy atom. The van der Waals surface area contributed by atoms with Crippen molar-refractivity contribution >= 4 is 23.6 Å². The minimum absolute atomic E-state index is 0.0282. The molecule has 1 aliphatic heterocycles. The zero-order chi connectivity index (χ0) is 25.2. The van der Waals surface area contributed by atoms with E-state index < -0.39 is 4.92 Å². The highest BCUT2D eigenvalue weighted by atomic mass is 16.6. The van der Waals surface area contributed by atoms with Crippen LogP contribution in [0.2, 0.25) is 0 Å². The van der Waals surface area contributed by atoms with Crippen LogP contribution < -0.4 is 14.8 Å². The molecule has 1 heterocycles. The first-order valence-electron chi connectivity index (χ1n) is 11.4. The van der Waals surface area contributed by atoms with Gasteiger partial charge in [0.2, 0.25) is 5.91 Å². The molecule has 2 amide bonds. The van der Waals surface area contributed by atoms with E-state index >= 15 is 0 Å². The lowest BCUT2D eigenvalue weighted by Gasteiger charge is -2.34. The number of rotatable bonds is 10. The number of nitrogens with one attached hydrogen (secondary N) is 1. The van der Waals surface area contributed by atoms with Gasteiger partial charge in [0.25, 0.3) is 11.6 Å². The highest BCUT2D eigenvalue weighted by molar-refractivity contribution is 5.95. The molecule has 1 saturated heterocycles. The highest BCUT2D eigenvalue weighted by Gasteiger charge is 2.20. The van der Waals surface area contributed by atoms with Crippen molar-refractivity contribution in [3.8, 4) is 11.5 Å². The summed E-state index contributed by atoms with van der Waals surface area (Å²) in [6.07, 6.45) is 3.67. The average Bonchev–Trinajstić information content (AvgIpc) is 2.89. The zero-order valence-corrected chi connectivity index (χ0v) is 19.9. The number of ether oxygens (including phenoxy) is 2. The van der Waals surface area contributed by atoms with Gasteiger partial charge < -0.3 is 19.7 Å². The van der Waals surface area contributed by atoms with Crippen LogP contribution in [-0.4, -0.2) is 80.0 Å². The van der Waals surface area contributed by atoms with Gasteiger partial charge in [0.05, 0.1) is 24.7 Å². The fraction of sp³-hybridized carbons (Fsp3) is 0.360. The van der Waals surface area contributed by atoms with Gasteiger partial charge in [-0.2, -0.15) is 0 Å². The number of para-hydroxylation sites is 1. The maximum absolute atomic E-state index is 12.5. The molecule has 186 valence electrons. The van der Waals surface area contributed by atoms with Gasteiger partial charge in [-0.3, -0.25) is 24.6 Å². The number of hydrogen-bond acceptors (Lipinski definition) is 7. The number of amides is 2. The summed E-state index contributed by atoms with van der Waals surface area (Å²) in [5.74, 6) is 0.736. The third-order valence-electron chi connectivity index (χ3n) is 5.81. The molecule has 0 aromatic heterocycles. The Morgan fingerprint density at radius 3 is 2.46 bits per heavy atom. The topological polar surface area (TPSA) is 114 Å². The van der Waals surface area contributed by atoms with E-state index in [0.29, 0.717) is 42.3 Å². The maximum Gasteiger partial charge on any atom is 0.276 e. The molecule has 1 fully saturated rings. The Kier molecular flexibility index (Phi) is 9.19. The van der Waals surface area contributed by atoms with Gasteiger partial charge in [0.15, 0.2) is 11.5 Å². The number of carbonyl (C=O) groups excluding carboxylic acids is 2. The summed E-state index contributed by atoms with van der Waals surface area (Å²) in [7, 11) is 3.07. The fourth-order valence-corrected chi connectivity index (χ4v) is 3.84. The summed E-state index contributed by atoms with van der Waals surface area (Å²) in [5, 5.41) is 14.0. The quantitative estimate of drug-likeness (QED) is 0.240. The molecule has 1 N–H and O–H groups in total. The van der Waals surface area contributed by atoms with Crippen LogP contribution in [0, 0.1) is 10.1 Å². The van der Waals surface area contributed by atoms with Crippen LogP contribution in [0.3, 0.4) is 0 Å². The van der Waals surface area contributed by atoms with Crippen molar-refractivity contribution in [2.24, 2.45) is 0 Å². The molecule has 35 heavy (non-hydrogen) atoms. The van der Waals surface area contributed by atoms with Crippen molar-refractivity contribution in [2.45, 2.75) is 6.42 Å². The third-order valence-corrected chi connectivity index (χ3v) is 5.81. The number of nitrogens with zero attached hydrogens (tertiary/aromatic N) is 3. The molecule has 0 radical (unpaired) electrons. The Balaban J connectivity index is 1.39. The van der Waals surface area contributed by atoms with E-state index in [4.69, 9.17) is 9.47 Å². The first-order chi connectivity index (χ1) is 16.9. The van der Waals surface area contributed by atoms with Crippen molar-refractivity contribution in [1.29, 1.82) is 0 Å². The number of nitro groups is 1. The average molecular weight is 483 g/mol. The van der Waals surface area contributed by atoms with Crippen molar-refractivity contribution in [1.82, 2.24) is 15.1 Å². The van der Waals surface area contributed by atoms with E-state index in [0.717, 1.165) is 26.1 Å². The second-order valence-corrected chi connectivity index (χ2v) is 8.00. The number of methoxy groups -OCH3 is 2. The van der Waals surface area contributed by atoms with Crippen molar-refractivity contribution in [2.75, 3.05) is 53.5 Å². The lowest BCUT2D eigenvalue weighted by Crippen LogP contribution is -2.48. The van der Waals surface area contributed by atoms with Crippen LogP contribution in [0.15, 0.2) is 48.5 Å². The molecule has 2 aromatic rings. The van der Waals surface area contributed by atoms with Gasteiger partial charge in [0, 0.05) is 50.4 Å². The van der Waals surface area contributed by atoms with Crippen LogP contribution in [0.4, 0.5) is 5.69 Å². The van der Waals surface area contributed by atoms with Crippen LogP contribution in [0.1, 0.15) is 22.3 Å². The lowest BCUT2D eigenvalue weighted by atomic mass is 10.1. The van der Waals surface area contributed by atoms with Gasteiger partial charge in [-0.1, -0.05) is 12.1 Å². The van der Waals surface area contributed by atoms with Gasteiger partial charge in [-0.25, -0.2) is 0 Å². The Morgan fingerprint density at radius 1 is 1.06 bits per heavy atom. The third kappa shape index (κ3) is 7.03. The van der Waals surface area contributed by atoms with E-state index in [9.17, 15) is 19.7 Å². The summed E-state index contributed by atoms with van der Waals surface area (Å²) in [4.78, 5) is 39.5. The molecule has 1 aliphatic rings. The minimum atomic E-state index is -0.459. The summed E-state index contributed by atoms with van der Waals surface area (Å²) in [6.45, 7) is 3.96. The molecule has 0 atom stereocenters. The van der Waals surface area contributed by atoms with Gasteiger partial charge in [0.1, 0.15) is 0 Å². The molecule has 3 rings (SSSR count). The van der Waals surface area contributed by atoms with E-state index in [1.807, 2.05) is 0 Å². The molecule has 0 bridgehead atoms. The van der Waals surface area contributed by atoms with Gasteiger partial charge >= 0.3 is 0 Å². The van der Waals surface area contributed by atoms with Crippen LogP contribution in [0.5, 0.6) is 11.5 Å². The largest absolute Gasteiger partial charge is 0.493 e. The number of hydrogen-bond donors (Lipinski definition) is 1. The fourth-order valence-electron chi connectivity index (χ4n) is 3.84. The zero-order valence-electron chi connectivity index (χ0n) is 19.9. The maximum atomic E-state index is 12.5. The molecular weight excluding hydrogens is 452 g/mol. The van der Waals surface area contributed by atoms with Crippen LogP contribution in [0.25, 0.3) is 6.08 Å². The Hall–Kier alpha value is -3.92. The molecule has 0 spiro atoms. The first kappa shape index (κ1) is 25.7. The van der Waals surface area contributed by atoms with E-state index in [-0.39, 0.29) is 17.5 Å². The Labute approximate surface area is 204 Å². The number of piperazine rings is 1. The second-order valence-electron chi connectivity index (χ2n) is 8.00.